The molecule has 77 heavy (non-hydrogen) atoms. The van der Waals surface area contributed by atoms with Gasteiger partial charge in [-0.1, -0.05) is 23.6 Å². The number of alkyl halides is 8. The summed E-state index contributed by atoms with van der Waals surface area (Å²) in [5.41, 5.74) is -6.57. The molecule has 2 aromatic carbocycles. The van der Waals surface area contributed by atoms with Gasteiger partial charge in [0.05, 0.1) is 27.7 Å². The van der Waals surface area contributed by atoms with Crippen molar-refractivity contribution in [2.75, 3.05) is 23.6 Å². The number of halogens is 11. The number of hydrogen-bond donors (Lipinski definition) is 1. The van der Waals surface area contributed by atoms with Crippen LogP contribution >= 0.6 is 11.6 Å². The summed E-state index contributed by atoms with van der Waals surface area (Å²) in [6.45, 7) is 3.23. The Morgan fingerprint density at radius 3 is 2.13 bits per heavy atom. The number of fused-ring (bicyclic) bond motifs is 2. The zero-order chi connectivity index (χ0) is 57.3. The highest BCUT2D eigenvalue weighted by Gasteiger charge is 2.50. The van der Waals surface area contributed by atoms with Gasteiger partial charge in [0, 0.05) is 64.6 Å². The van der Waals surface area contributed by atoms with Crippen LogP contribution in [0.15, 0.2) is 54.6 Å². The van der Waals surface area contributed by atoms with Crippen molar-refractivity contribution in [3.8, 4) is 23.0 Å². The number of rotatable bonds is 15. The van der Waals surface area contributed by atoms with Crippen molar-refractivity contribution in [1.82, 2.24) is 29.9 Å². The fourth-order valence-corrected chi connectivity index (χ4v) is 8.77. The van der Waals surface area contributed by atoms with Gasteiger partial charge in [0.2, 0.25) is 12.7 Å². The Hall–Kier alpha value is -6.86. The second kappa shape index (κ2) is 22.6. The van der Waals surface area contributed by atoms with Crippen LogP contribution in [0, 0.1) is 23.5 Å². The van der Waals surface area contributed by atoms with E-state index in [1.807, 2.05) is 0 Å². The topological polar surface area (TPSA) is 194 Å². The quantitative estimate of drug-likeness (QED) is 0.0344. The number of pyridine rings is 1. The Kier molecular flexibility index (Phi) is 17.4. The number of nitrogens with zero attached hydrogens (tertiary/aromatic N) is 6. The number of amides is 2. The fourth-order valence-electron chi connectivity index (χ4n) is 7.70. The summed E-state index contributed by atoms with van der Waals surface area (Å²) < 4.78 is 186. The van der Waals surface area contributed by atoms with Crippen LogP contribution in [0.5, 0.6) is 0 Å². The van der Waals surface area contributed by atoms with Gasteiger partial charge in [-0.2, -0.15) is 49.6 Å². The molecule has 0 saturated carbocycles. The summed E-state index contributed by atoms with van der Waals surface area (Å²) in [5, 5.41) is 8.81. The average Bonchev–Trinajstić information content (AvgIpc) is 3.96. The van der Waals surface area contributed by atoms with Gasteiger partial charge in [0.15, 0.2) is 11.5 Å². The molecule has 0 aliphatic heterocycles. The molecule has 1 aliphatic rings. The van der Waals surface area contributed by atoms with E-state index in [9.17, 15) is 62.7 Å². The van der Waals surface area contributed by atoms with Crippen LogP contribution in [0.4, 0.5) is 54.5 Å². The molecule has 29 heteroatoms. The molecule has 1 N–H and O–H groups in total. The highest BCUT2D eigenvalue weighted by Crippen LogP contribution is 2.47. The lowest BCUT2D eigenvalue weighted by Gasteiger charge is -2.23. The summed E-state index contributed by atoms with van der Waals surface area (Å²) in [6.07, 6.45) is -10.8. The zero-order valence-electron chi connectivity index (χ0n) is 41.3. The SMILES string of the molecule is CS(=O)N(C(=O)OCOC(=O)/C=C/C(=O)OC(C)(C)C)c1nn(CC(F)(F)F)c2c(-c3ccc(C#CC(C)(C)S(C)=O)nc3C(Cc3cc(F)cc(F)c3)NC(=O)Cn3nc(C(F)(F)F)c4c3C(F)(F)CC4)ccc(Cl)c12. The van der Waals surface area contributed by atoms with E-state index in [1.54, 1.807) is 20.8 Å². The minimum Gasteiger partial charge on any atom is -0.457 e. The highest BCUT2D eigenvalue weighted by atomic mass is 35.5. The Bertz CT molecular complexity index is 3290. The molecular weight excluding hydrogens is 1110 g/mol. The minimum atomic E-state index is -5.22. The van der Waals surface area contributed by atoms with Gasteiger partial charge in [-0.25, -0.2) is 32.4 Å². The Balaban J connectivity index is 1.54. The maximum absolute atomic E-state index is 15.2. The van der Waals surface area contributed by atoms with E-state index in [4.69, 9.17) is 25.8 Å². The number of ether oxygens (including phenoxy) is 3. The zero-order valence-corrected chi connectivity index (χ0v) is 43.7. The first-order valence-electron chi connectivity index (χ1n) is 22.4. The third-order valence-electron chi connectivity index (χ3n) is 11.0. The Morgan fingerprint density at radius 1 is 0.896 bits per heavy atom. The lowest BCUT2D eigenvalue weighted by Crippen LogP contribution is -2.35. The van der Waals surface area contributed by atoms with Crippen molar-refractivity contribution in [2.24, 2.45) is 0 Å². The second-order valence-corrected chi connectivity index (χ2v) is 22.0. The van der Waals surface area contributed by atoms with E-state index in [1.165, 1.54) is 32.2 Å². The summed E-state index contributed by atoms with van der Waals surface area (Å²) >= 11 is 6.67. The lowest BCUT2D eigenvalue weighted by atomic mass is 9.93. The third kappa shape index (κ3) is 14.6. The Morgan fingerprint density at radius 2 is 1.53 bits per heavy atom. The molecule has 0 radical (unpaired) electrons. The predicted molar refractivity (Wildman–Crippen MR) is 258 cm³/mol. The van der Waals surface area contributed by atoms with Crippen molar-refractivity contribution in [2.45, 2.75) is 102 Å². The smallest absolute Gasteiger partial charge is 0.435 e. The van der Waals surface area contributed by atoms with E-state index >= 15 is 8.78 Å². The summed E-state index contributed by atoms with van der Waals surface area (Å²) in [5.74, 6) is -4.95. The van der Waals surface area contributed by atoms with Crippen molar-refractivity contribution in [3.05, 3.63) is 105 Å². The van der Waals surface area contributed by atoms with E-state index in [2.05, 4.69) is 32.3 Å². The van der Waals surface area contributed by atoms with E-state index in [0.717, 1.165) is 30.5 Å². The first-order valence-corrected chi connectivity index (χ1v) is 25.8. The van der Waals surface area contributed by atoms with Gasteiger partial charge in [0.1, 0.15) is 57.4 Å². The van der Waals surface area contributed by atoms with Crippen LogP contribution in [0.25, 0.3) is 22.0 Å². The predicted octanol–water partition coefficient (Wildman–Crippen LogP) is 9.09. The van der Waals surface area contributed by atoms with Gasteiger partial charge in [-0.15, -0.1) is 0 Å². The van der Waals surface area contributed by atoms with Gasteiger partial charge in [-0.3, -0.25) is 18.4 Å². The number of hydrogen-bond acceptors (Lipinski definition) is 12. The fraction of sp³-hybridized carbons (Fsp3) is 0.396. The van der Waals surface area contributed by atoms with E-state index < -0.39 is 176 Å². The highest BCUT2D eigenvalue weighted by molar-refractivity contribution is 7.86. The number of carbonyl (C=O) groups excluding carboxylic acids is 4. The summed E-state index contributed by atoms with van der Waals surface area (Å²) in [6, 6.07) is 5.09. The van der Waals surface area contributed by atoms with Crippen molar-refractivity contribution < 1.29 is 85.7 Å². The maximum Gasteiger partial charge on any atom is 0.435 e. The molecule has 3 atom stereocenters. The van der Waals surface area contributed by atoms with E-state index in [0.29, 0.717) is 22.9 Å². The monoisotopic (exact) mass is 1150 g/mol. The molecule has 0 fully saturated rings. The van der Waals surface area contributed by atoms with Crippen molar-refractivity contribution in [3.63, 3.8) is 0 Å². The normalized spacial score (nSPS) is 14.8. The standard InChI is InChI=1S/C48H44ClF10N7O9S2/c1-44(2,3)75-36(69)13-12-35(68)73-24-74-43(70)66(77(7)72)42-37-32(49)11-10-30(39(37)65(63-42)23-47(54,55)56)29-9-8-28(14-16-45(4,5)76(6)71)60-38(29)33(20-25-18-26(50)21-27(51)19-25)61-34(67)22-64-41-31(15-17-46(41,52)53)40(62-64)48(57,58)59/h8-13,18-19,21,33H,15,17,20,22-24H2,1-7H3,(H,61,67)/b13-12+. The molecule has 0 bridgehead atoms. The second-order valence-electron chi connectivity index (χ2n) is 18.5. The van der Waals surface area contributed by atoms with Gasteiger partial charge >= 0.3 is 30.4 Å². The number of nitrogens with one attached hydrogen (secondary N) is 1. The molecular formula is C48H44ClF10N7O9S2. The minimum absolute atomic E-state index is 0.171. The molecule has 5 aromatic rings. The molecule has 0 spiro atoms. The van der Waals surface area contributed by atoms with Crippen LogP contribution in [0.1, 0.15) is 81.0 Å². The third-order valence-corrected chi connectivity index (χ3v) is 13.7. The van der Waals surface area contributed by atoms with E-state index in [-0.39, 0.29) is 31.4 Å². The Labute approximate surface area is 441 Å². The number of carbonyl (C=O) groups is 4. The average molecular weight is 1150 g/mol. The molecule has 3 aromatic heterocycles. The number of anilines is 1. The van der Waals surface area contributed by atoms with Crippen molar-refractivity contribution >= 4 is 74.0 Å². The molecule has 3 heterocycles. The van der Waals surface area contributed by atoms with Crippen LogP contribution < -0.4 is 9.62 Å². The van der Waals surface area contributed by atoms with Crippen LogP contribution in [-0.2, 0) is 88.4 Å². The summed E-state index contributed by atoms with van der Waals surface area (Å²) in [4.78, 5) is 56.6. The maximum atomic E-state index is 15.2. The van der Waals surface area contributed by atoms with Crippen molar-refractivity contribution in [1.29, 1.82) is 0 Å². The number of aromatic nitrogens is 5. The molecule has 6 rings (SSSR count). The van der Waals surface area contributed by atoms with Gasteiger partial charge < -0.3 is 19.5 Å². The molecule has 2 amide bonds. The van der Waals surface area contributed by atoms with Crippen LogP contribution in [0.3, 0.4) is 0 Å². The van der Waals surface area contributed by atoms with Crippen LogP contribution in [-0.4, -0.2) is 92.7 Å². The molecule has 3 unspecified atom stereocenters. The molecule has 16 nitrogen and oxygen atoms in total. The number of esters is 2. The largest absolute Gasteiger partial charge is 0.457 e. The first-order chi connectivity index (χ1) is 35.5. The molecule has 0 saturated heterocycles. The lowest BCUT2D eigenvalue weighted by molar-refractivity contribution is -0.150. The first kappa shape index (κ1) is 59.4. The van der Waals surface area contributed by atoms with Gasteiger partial charge in [-0.05, 0) is 89.3 Å². The number of benzene rings is 2. The molecule has 414 valence electrons. The molecule has 1 aliphatic carbocycles. The van der Waals surface area contributed by atoms with Gasteiger partial charge in [0.25, 0.3) is 5.92 Å². The summed E-state index contributed by atoms with van der Waals surface area (Å²) in [7, 11) is -4.17. The van der Waals surface area contributed by atoms with Crippen LogP contribution in [0.2, 0.25) is 5.02 Å².